The van der Waals surface area contributed by atoms with Crippen LogP contribution in [0.3, 0.4) is 0 Å². The van der Waals surface area contributed by atoms with Crippen molar-refractivity contribution in [2.45, 2.75) is 19.8 Å². The second-order valence-electron chi connectivity index (χ2n) is 5.56. The van der Waals surface area contributed by atoms with E-state index in [1.807, 2.05) is 17.5 Å². The van der Waals surface area contributed by atoms with Crippen molar-refractivity contribution in [3.8, 4) is 0 Å². The number of esters is 1. The number of carbonyl (C=O) groups excluding carboxylic acids is 3. The highest BCUT2D eigenvalue weighted by atomic mass is 32.1. The molecule has 0 atom stereocenters. The lowest BCUT2D eigenvalue weighted by molar-refractivity contribution is -0.152. The first-order valence-corrected chi connectivity index (χ1v) is 8.94. The molecule has 0 fully saturated rings. The molecule has 2 aromatic rings. The number of benzene rings is 1. The first-order valence-electron chi connectivity index (χ1n) is 8.06. The number of hydrogen-bond donors (Lipinski definition) is 1. The summed E-state index contributed by atoms with van der Waals surface area (Å²) in [6.45, 7) is 2.46. The van der Waals surface area contributed by atoms with Crippen LogP contribution in [0.25, 0.3) is 0 Å². The Morgan fingerprint density at radius 1 is 1.28 bits per heavy atom. The van der Waals surface area contributed by atoms with Crippen molar-refractivity contribution in [3.63, 3.8) is 0 Å². The molecule has 2 amide bonds. The molecule has 0 radical (unpaired) electrons. The Bertz CT molecular complexity index is 801. The normalized spacial score (nSPS) is 13.1. The van der Waals surface area contributed by atoms with E-state index in [0.29, 0.717) is 17.1 Å². The van der Waals surface area contributed by atoms with Gasteiger partial charge in [0.05, 0.1) is 11.5 Å². The van der Waals surface area contributed by atoms with Gasteiger partial charge in [-0.25, -0.2) is 4.79 Å². The standard InChI is InChI=1S/C18H18N2O4S/c1-2-24-18(23)16(21)19-13-7-8-14-12(11-13)5-3-9-20(14)17(22)15-6-4-10-25-15/h4,6-8,10-11H,2-3,5,9H2,1H3,(H,19,21). The van der Waals surface area contributed by atoms with Gasteiger partial charge in [0.15, 0.2) is 0 Å². The van der Waals surface area contributed by atoms with Crippen LogP contribution in [0.1, 0.15) is 28.6 Å². The number of amides is 2. The molecule has 3 rings (SSSR count). The van der Waals surface area contributed by atoms with E-state index >= 15 is 0 Å². The van der Waals surface area contributed by atoms with Crippen LogP contribution in [0.15, 0.2) is 35.7 Å². The molecule has 25 heavy (non-hydrogen) atoms. The first-order chi connectivity index (χ1) is 12.1. The van der Waals surface area contributed by atoms with E-state index in [9.17, 15) is 14.4 Å². The van der Waals surface area contributed by atoms with Gasteiger partial charge in [-0.05, 0) is 55.0 Å². The Morgan fingerprint density at radius 3 is 2.84 bits per heavy atom. The van der Waals surface area contributed by atoms with E-state index in [-0.39, 0.29) is 12.5 Å². The second kappa shape index (κ2) is 7.48. The van der Waals surface area contributed by atoms with Gasteiger partial charge in [0, 0.05) is 17.9 Å². The van der Waals surface area contributed by atoms with Crippen molar-refractivity contribution in [1.29, 1.82) is 0 Å². The fourth-order valence-corrected chi connectivity index (χ4v) is 3.47. The predicted octanol–water partition coefficient (Wildman–Crippen LogP) is 2.84. The van der Waals surface area contributed by atoms with Gasteiger partial charge in [-0.1, -0.05) is 6.07 Å². The summed E-state index contributed by atoms with van der Waals surface area (Å²) in [4.78, 5) is 38.3. The predicted molar refractivity (Wildman–Crippen MR) is 96.0 cm³/mol. The van der Waals surface area contributed by atoms with Crippen LogP contribution in [-0.2, 0) is 20.7 Å². The molecule has 1 aromatic carbocycles. The first kappa shape index (κ1) is 17.2. The van der Waals surface area contributed by atoms with E-state index < -0.39 is 11.9 Å². The quantitative estimate of drug-likeness (QED) is 0.676. The maximum atomic E-state index is 12.7. The number of nitrogens with one attached hydrogen (secondary N) is 1. The molecule has 0 saturated heterocycles. The molecular formula is C18H18N2O4S. The molecule has 2 heterocycles. The molecule has 1 aliphatic heterocycles. The summed E-state index contributed by atoms with van der Waals surface area (Å²) < 4.78 is 4.68. The van der Waals surface area contributed by atoms with E-state index in [2.05, 4.69) is 10.1 Å². The number of fused-ring (bicyclic) bond motifs is 1. The largest absolute Gasteiger partial charge is 0.459 e. The van der Waals surface area contributed by atoms with Gasteiger partial charge in [0.2, 0.25) is 0 Å². The fourth-order valence-electron chi connectivity index (χ4n) is 2.80. The number of rotatable bonds is 3. The van der Waals surface area contributed by atoms with Crippen molar-refractivity contribution in [3.05, 3.63) is 46.2 Å². The third-order valence-corrected chi connectivity index (χ3v) is 4.75. The molecule has 130 valence electrons. The van der Waals surface area contributed by atoms with Gasteiger partial charge < -0.3 is 15.0 Å². The SMILES string of the molecule is CCOC(=O)C(=O)Nc1ccc2c(c1)CCCN2C(=O)c1cccs1. The van der Waals surface area contributed by atoms with Crippen LogP contribution in [0.2, 0.25) is 0 Å². The molecule has 0 aliphatic carbocycles. The highest BCUT2D eigenvalue weighted by Gasteiger charge is 2.25. The van der Waals surface area contributed by atoms with Crippen molar-refractivity contribution in [1.82, 2.24) is 0 Å². The van der Waals surface area contributed by atoms with Crippen LogP contribution in [0, 0.1) is 0 Å². The van der Waals surface area contributed by atoms with Crippen LogP contribution in [0.5, 0.6) is 0 Å². The highest BCUT2D eigenvalue weighted by molar-refractivity contribution is 7.12. The molecule has 0 unspecified atom stereocenters. The van der Waals surface area contributed by atoms with Crippen molar-refractivity contribution in [2.24, 2.45) is 0 Å². The Balaban J connectivity index is 1.79. The Morgan fingerprint density at radius 2 is 2.12 bits per heavy atom. The minimum Gasteiger partial charge on any atom is -0.459 e. The van der Waals surface area contributed by atoms with Gasteiger partial charge >= 0.3 is 11.9 Å². The van der Waals surface area contributed by atoms with Gasteiger partial charge in [-0.15, -0.1) is 11.3 Å². The van der Waals surface area contributed by atoms with Gasteiger partial charge in [0.1, 0.15) is 0 Å². The van der Waals surface area contributed by atoms with Crippen molar-refractivity contribution in [2.75, 3.05) is 23.4 Å². The van der Waals surface area contributed by atoms with Crippen LogP contribution < -0.4 is 10.2 Å². The summed E-state index contributed by atoms with van der Waals surface area (Å²) in [5, 5.41) is 4.41. The molecule has 7 heteroatoms. The smallest absolute Gasteiger partial charge is 0.397 e. The van der Waals surface area contributed by atoms with Crippen LogP contribution >= 0.6 is 11.3 Å². The molecule has 1 aromatic heterocycles. The van der Waals surface area contributed by atoms with Crippen LogP contribution in [0.4, 0.5) is 11.4 Å². The Kier molecular flexibility index (Phi) is 5.14. The number of ether oxygens (including phenoxy) is 1. The van der Waals surface area contributed by atoms with E-state index in [0.717, 1.165) is 24.1 Å². The average molecular weight is 358 g/mol. The summed E-state index contributed by atoms with van der Waals surface area (Å²) in [5.41, 5.74) is 2.33. The molecule has 0 saturated carbocycles. The average Bonchev–Trinajstić information content (AvgIpc) is 3.15. The molecule has 0 bridgehead atoms. The van der Waals surface area contributed by atoms with Gasteiger partial charge in [0.25, 0.3) is 5.91 Å². The zero-order valence-corrected chi connectivity index (χ0v) is 14.6. The van der Waals surface area contributed by atoms with E-state index in [1.54, 1.807) is 30.0 Å². The number of aryl methyl sites for hydroxylation is 1. The third kappa shape index (κ3) is 3.71. The van der Waals surface area contributed by atoms with Crippen molar-refractivity contribution < 1.29 is 19.1 Å². The minimum atomic E-state index is -0.908. The summed E-state index contributed by atoms with van der Waals surface area (Å²) >= 11 is 1.42. The number of anilines is 2. The van der Waals surface area contributed by atoms with E-state index in [1.165, 1.54) is 11.3 Å². The lowest BCUT2D eigenvalue weighted by Gasteiger charge is -2.29. The monoisotopic (exact) mass is 358 g/mol. The van der Waals surface area contributed by atoms with Crippen LogP contribution in [-0.4, -0.2) is 30.9 Å². The summed E-state index contributed by atoms with van der Waals surface area (Å²) in [5.74, 6) is -1.72. The minimum absolute atomic E-state index is 0.0146. The van der Waals surface area contributed by atoms with E-state index in [4.69, 9.17) is 0 Å². The molecule has 1 aliphatic rings. The topological polar surface area (TPSA) is 75.7 Å². The highest BCUT2D eigenvalue weighted by Crippen LogP contribution is 2.31. The number of thiophene rings is 1. The maximum Gasteiger partial charge on any atom is 0.397 e. The lowest BCUT2D eigenvalue weighted by Crippen LogP contribution is -2.35. The third-order valence-electron chi connectivity index (χ3n) is 3.89. The lowest BCUT2D eigenvalue weighted by atomic mass is 10.0. The number of nitrogens with zero attached hydrogens (tertiary/aromatic N) is 1. The van der Waals surface area contributed by atoms with Gasteiger partial charge in [-0.3, -0.25) is 9.59 Å². The second-order valence-corrected chi connectivity index (χ2v) is 6.50. The number of carbonyl (C=O) groups is 3. The summed E-state index contributed by atoms with van der Waals surface area (Å²) in [7, 11) is 0. The summed E-state index contributed by atoms with van der Waals surface area (Å²) in [6.07, 6.45) is 1.66. The Labute approximate surface area is 149 Å². The summed E-state index contributed by atoms with van der Waals surface area (Å²) in [6, 6.07) is 8.98. The zero-order valence-electron chi connectivity index (χ0n) is 13.8. The van der Waals surface area contributed by atoms with Gasteiger partial charge in [-0.2, -0.15) is 0 Å². The maximum absolute atomic E-state index is 12.7. The Hall–Kier alpha value is -2.67. The molecule has 0 spiro atoms. The molecule has 6 nitrogen and oxygen atoms in total. The number of hydrogen-bond acceptors (Lipinski definition) is 5. The zero-order chi connectivity index (χ0) is 17.8. The molecule has 1 N–H and O–H groups in total. The fraction of sp³-hybridized carbons (Fsp3) is 0.278. The van der Waals surface area contributed by atoms with Crippen molar-refractivity contribution >= 4 is 40.5 Å². The molecular weight excluding hydrogens is 340 g/mol.